The monoisotopic (exact) mass is 764 g/mol. The van der Waals surface area contributed by atoms with Gasteiger partial charge in [-0.25, -0.2) is 12.8 Å². The number of benzene rings is 3. The van der Waals surface area contributed by atoms with E-state index in [-0.39, 0.29) is 12.6 Å². The molecule has 9 nitrogen and oxygen atoms in total. The van der Waals surface area contributed by atoms with Crippen LogP contribution in [0.3, 0.4) is 0 Å². The number of ether oxygens (including phenoxy) is 3. The lowest BCUT2D eigenvalue weighted by molar-refractivity contribution is -0.121. The number of nitrogens with one attached hydrogen (secondary N) is 1. The molecule has 51 heavy (non-hydrogen) atoms. The van der Waals surface area contributed by atoms with E-state index in [0.717, 1.165) is 67.4 Å². The van der Waals surface area contributed by atoms with Crippen molar-refractivity contribution in [2.75, 3.05) is 44.9 Å². The minimum atomic E-state index is -3.56. The number of rotatable bonds is 17. The number of alkyl halides is 1. The molecule has 1 aliphatic carbocycles. The van der Waals surface area contributed by atoms with Gasteiger partial charge in [0, 0.05) is 49.6 Å². The van der Waals surface area contributed by atoms with E-state index in [1.165, 1.54) is 6.92 Å². The van der Waals surface area contributed by atoms with Crippen LogP contribution < -0.4 is 19.5 Å². The molecule has 0 amide bonds. The zero-order chi connectivity index (χ0) is 36.7. The van der Waals surface area contributed by atoms with Gasteiger partial charge >= 0.3 is 0 Å². The molecule has 1 heterocycles. The molecule has 0 spiro atoms. The van der Waals surface area contributed by atoms with E-state index in [9.17, 15) is 22.7 Å². The Morgan fingerprint density at radius 2 is 1.76 bits per heavy atom. The molecule has 0 aromatic heterocycles. The van der Waals surface area contributed by atoms with Crippen LogP contribution in [0.25, 0.3) is 11.1 Å². The number of nitrogens with zero attached hydrogens (tertiary/aromatic N) is 1. The number of ketones is 1. The second kappa shape index (κ2) is 17.7. The van der Waals surface area contributed by atoms with Crippen molar-refractivity contribution in [2.24, 2.45) is 0 Å². The number of piperidine rings is 1. The van der Waals surface area contributed by atoms with Crippen LogP contribution in [0.15, 0.2) is 48.5 Å². The van der Waals surface area contributed by atoms with Crippen molar-refractivity contribution >= 4 is 38.8 Å². The predicted molar refractivity (Wildman–Crippen MR) is 199 cm³/mol. The first kappa shape index (κ1) is 39.3. The highest BCUT2D eigenvalue weighted by Crippen LogP contribution is 2.45. The Labute approximate surface area is 310 Å². The standard InChI is InChI=1S/C38H47Cl2FN2O7S/c1-4-48-35-21-36(31(39)20-25(35)22-42-38(24(2)44)32(45)23-51(3,46)47)50-33-13-12-28-27(8-5-9-29(28)33)30-10-6-11-34(37(30)40)49-19-7-16-43-17-14-26(41)15-18-43/h5-6,8-11,20-21,24,26,33,38,42,44H,4,7,12-19,22-23H2,1-3H3/t24-,33+,38+/m1/s1. The Balaban J connectivity index is 1.28. The zero-order valence-electron chi connectivity index (χ0n) is 29.3. The summed E-state index contributed by atoms with van der Waals surface area (Å²) in [6.45, 7) is 6.69. The Bertz CT molecular complexity index is 1780. The number of carbonyl (C=O) groups is 1. The average Bonchev–Trinajstić information content (AvgIpc) is 3.48. The highest BCUT2D eigenvalue weighted by Gasteiger charge is 2.30. The third kappa shape index (κ3) is 10.4. The quantitative estimate of drug-likeness (QED) is 0.144. The van der Waals surface area contributed by atoms with Gasteiger partial charge in [0.05, 0.1) is 35.4 Å². The van der Waals surface area contributed by atoms with Crippen LogP contribution in [0.2, 0.25) is 10.0 Å². The SMILES string of the molecule is CCOc1cc(O[C@H]2CCc3c(-c4cccc(OCCCN5CCC(F)CC5)c4Cl)cccc32)c(Cl)cc1CN[C@H](C(=O)CS(C)(=O)=O)[C@@H](C)O. The van der Waals surface area contributed by atoms with Crippen LogP contribution in [0, 0.1) is 0 Å². The van der Waals surface area contributed by atoms with Crippen molar-refractivity contribution < 1.29 is 36.9 Å². The Morgan fingerprint density at radius 1 is 1.04 bits per heavy atom. The minimum absolute atomic E-state index is 0.0961. The lowest BCUT2D eigenvalue weighted by Gasteiger charge is -2.28. The maximum Gasteiger partial charge on any atom is 0.167 e. The summed E-state index contributed by atoms with van der Waals surface area (Å²) in [5.74, 6) is 0.253. The fraction of sp³-hybridized carbons (Fsp3) is 0.500. The Hall–Kier alpha value is -2.93. The molecule has 5 rings (SSSR count). The lowest BCUT2D eigenvalue weighted by Crippen LogP contribution is -2.46. The van der Waals surface area contributed by atoms with Gasteiger partial charge in [-0.3, -0.25) is 4.79 Å². The highest BCUT2D eigenvalue weighted by molar-refractivity contribution is 7.91. The molecule has 0 radical (unpaired) electrons. The molecular formula is C38H47Cl2FN2O7S. The molecular weight excluding hydrogens is 718 g/mol. The average molecular weight is 766 g/mol. The summed E-state index contributed by atoms with van der Waals surface area (Å²) in [5, 5.41) is 14.1. The molecule has 3 atom stereocenters. The molecule has 1 aliphatic heterocycles. The van der Waals surface area contributed by atoms with E-state index < -0.39 is 39.7 Å². The van der Waals surface area contributed by atoms with Crippen molar-refractivity contribution in [3.05, 3.63) is 75.3 Å². The number of fused-ring (bicyclic) bond motifs is 1. The number of Topliss-reactive ketones (excluding diaryl/α,β-unsaturated/α-hetero) is 1. The number of halogens is 3. The predicted octanol–water partition coefficient (Wildman–Crippen LogP) is 6.78. The molecule has 0 bridgehead atoms. The lowest BCUT2D eigenvalue weighted by atomic mass is 9.96. The number of aliphatic hydroxyl groups excluding tert-OH is 1. The van der Waals surface area contributed by atoms with Crippen LogP contribution in [0.1, 0.15) is 62.3 Å². The van der Waals surface area contributed by atoms with Gasteiger partial charge in [0.15, 0.2) is 15.6 Å². The number of sulfone groups is 1. The summed E-state index contributed by atoms with van der Waals surface area (Å²) in [7, 11) is -3.56. The van der Waals surface area contributed by atoms with E-state index in [1.54, 1.807) is 12.1 Å². The third-order valence-corrected chi connectivity index (χ3v) is 10.8. The maximum atomic E-state index is 13.5. The van der Waals surface area contributed by atoms with Gasteiger partial charge in [-0.05, 0) is 74.8 Å². The van der Waals surface area contributed by atoms with Crippen LogP contribution in [0.5, 0.6) is 17.2 Å². The number of carbonyl (C=O) groups excluding carboxylic acids is 1. The second-order valence-corrected chi connectivity index (χ2v) is 16.2. The third-order valence-electron chi connectivity index (χ3n) is 9.29. The molecule has 278 valence electrons. The fourth-order valence-corrected chi connectivity index (χ4v) is 8.00. The summed E-state index contributed by atoms with van der Waals surface area (Å²) in [5.41, 5.74) is 4.71. The summed E-state index contributed by atoms with van der Waals surface area (Å²) in [6, 6.07) is 14.2. The molecule has 2 N–H and O–H groups in total. The number of likely N-dealkylation sites (tertiary alicyclic amines) is 1. The van der Waals surface area contributed by atoms with Gasteiger partial charge in [0.2, 0.25) is 0 Å². The normalized spacial score (nSPS) is 17.9. The van der Waals surface area contributed by atoms with Crippen LogP contribution in [-0.4, -0.2) is 87.4 Å². The smallest absolute Gasteiger partial charge is 0.167 e. The molecule has 0 saturated carbocycles. The van der Waals surface area contributed by atoms with E-state index >= 15 is 0 Å². The molecule has 0 unspecified atom stereocenters. The number of hydrogen-bond donors (Lipinski definition) is 2. The van der Waals surface area contributed by atoms with Gasteiger partial charge in [-0.2, -0.15) is 0 Å². The van der Waals surface area contributed by atoms with Crippen molar-refractivity contribution in [1.82, 2.24) is 10.2 Å². The summed E-state index contributed by atoms with van der Waals surface area (Å²) < 4.78 is 55.4. The van der Waals surface area contributed by atoms with Gasteiger partial charge in [0.1, 0.15) is 35.3 Å². The Kier molecular flexibility index (Phi) is 13.7. The maximum absolute atomic E-state index is 13.5. The summed E-state index contributed by atoms with van der Waals surface area (Å²) in [6.07, 6.45) is 2.43. The number of hydrogen-bond acceptors (Lipinski definition) is 9. The summed E-state index contributed by atoms with van der Waals surface area (Å²) >= 11 is 13.7. The van der Waals surface area contributed by atoms with Crippen molar-refractivity contribution in [1.29, 1.82) is 0 Å². The van der Waals surface area contributed by atoms with Crippen LogP contribution >= 0.6 is 23.2 Å². The van der Waals surface area contributed by atoms with Crippen molar-refractivity contribution in [3.8, 4) is 28.4 Å². The minimum Gasteiger partial charge on any atom is -0.493 e. The largest absolute Gasteiger partial charge is 0.493 e. The van der Waals surface area contributed by atoms with Crippen molar-refractivity contribution in [3.63, 3.8) is 0 Å². The fourth-order valence-electron chi connectivity index (χ4n) is 6.79. The summed E-state index contributed by atoms with van der Waals surface area (Å²) in [4.78, 5) is 14.9. The second-order valence-electron chi connectivity index (χ2n) is 13.3. The first-order valence-corrected chi connectivity index (χ1v) is 20.3. The molecule has 1 saturated heterocycles. The van der Waals surface area contributed by atoms with E-state index in [4.69, 9.17) is 37.4 Å². The van der Waals surface area contributed by atoms with E-state index in [0.29, 0.717) is 58.9 Å². The number of aliphatic hydroxyl groups is 1. The van der Waals surface area contributed by atoms with Gasteiger partial charge < -0.3 is 29.5 Å². The molecule has 3 aromatic rings. The van der Waals surface area contributed by atoms with E-state index in [2.05, 4.69) is 22.3 Å². The van der Waals surface area contributed by atoms with Gasteiger partial charge in [0.25, 0.3) is 0 Å². The van der Waals surface area contributed by atoms with E-state index in [1.807, 2.05) is 31.2 Å². The van der Waals surface area contributed by atoms with Gasteiger partial charge in [-0.15, -0.1) is 0 Å². The van der Waals surface area contributed by atoms with Crippen molar-refractivity contribution in [2.45, 2.75) is 76.9 Å². The van der Waals surface area contributed by atoms with Gasteiger partial charge in [-0.1, -0.05) is 53.5 Å². The molecule has 1 fully saturated rings. The molecule has 3 aromatic carbocycles. The molecule has 13 heteroatoms. The van der Waals surface area contributed by atoms with Crippen LogP contribution in [-0.2, 0) is 27.6 Å². The topological polar surface area (TPSA) is 114 Å². The first-order valence-electron chi connectivity index (χ1n) is 17.5. The first-order chi connectivity index (χ1) is 24.3. The van der Waals surface area contributed by atoms with Crippen LogP contribution in [0.4, 0.5) is 4.39 Å². The highest BCUT2D eigenvalue weighted by atomic mass is 35.5. The Morgan fingerprint density at radius 3 is 2.47 bits per heavy atom. The molecule has 2 aliphatic rings. The zero-order valence-corrected chi connectivity index (χ0v) is 31.6.